The number of ether oxygens (including phenoxy) is 1. The molecular weight excluding hydrogens is 200 g/mol. The summed E-state index contributed by atoms with van der Waals surface area (Å²) in [6.07, 6.45) is 3.76. The first-order chi connectivity index (χ1) is 7.81. The Morgan fingerprint density at radius 1 is 1.38 bits per heavy atom. The highest BCUT2D eigenvalue weighted by Crippen LogP contribution is 2.16. The number of nitrogens with one attached hydrogen (secondary N) is 1. The number of hydrogen-bond acceptors (Lipinski definition) is 3. The molecule has 2 unspecified atom stereocenters. The normalized spacial score (nSPS) is 26.2. The third-order valence-corrected chi connectivity index (χ3v) is 3.61. The second-order valence-electron chi connectivity index (χ2n) is 4.77. The van der Waals surface area contributed by atoms with Gasteiger partial charge in [-0.25, -0.2) is 0 Å². The molecule has 1 aliphatic heterocycles. The van der Waals surface area contributed by atoms with Crippen LogP contribution in [0.25, 0.3) is 0 Å². The molecule has 3 nitrogen and oxygen atoms in total. The summed E-state index contributed by atoms with van der Waals surface area (Å²) in [5.41, 5.74) is 0. The Labute approximate surface area is 101 Å². The van der Waals surface area contributed by atoms with Gasteiger partial charge >= 0.3 is 0 Å². The van der Waals surface area contributed by atoms with Crippen LogP contribution < -0.4 is 5.32 Å². The Morgan fingerprint density at radius 3 is 2.81 bits per heavy atom. The van der Waals surface area contributed by atoms with Gasteiger partial charge in [0.1, 0.15) is 0 Å². The van der Waals surface area contributed by atoms with E-state index in [-0.39, 0.29) is 0 Å². The van der Waals surface area contributed by atoms with Gasteiger partial charge in [0.15, 0.2) is 0 Å². The van der Waals surface area contributed by atoms with E-state index in [1.165, 1.54) is 25.9 Å². The van der Waals surface area contributed by atoms with Crippen LogP contribution in [-0.2, 0) is 4.74 Å². The lowest BCUT2D eigenvalue weighted by Crippen LogP contribution is -2.46. The average Bonchev–Trinajstić information content (AvgIpc) is 2.34. The van der Waals surface area contributed by atoms with Crippen molar-refractivity contribution in [1.29, 1.82) is 0 Å². The minimum Gasteiger partial charge on any atom is -0.381 e. The summed E-state index contributed by atoms with van der Waals surface area (Å²) in [6, 6.07) is 0.643. The van der Waals surface area contributed by atoms with Crippen molar-refractivity contribution in [2.24, 2.45) is 5.92 Å². The smallest absolute Gasteiger partial charge is 0.0521 e. The topological polar surface area (TPSA) is 24.5 Å². The molecule has 1 saturated heterocycles. The van der Waals surface area contributed by atoms with Crippen LogP contribution in [0.2, 0.25) is 0 Å². The largest absolute Gasteiger partial charge is 0.381 e. The van der Waals surface area contributed by atoms with Crippen LogP contribution in [0.1, 0.15) is 33.1 Å². The minimum absolute atomic E-state index is 0.643. The van der Waals surface area contributed by atoms with Gasteiger partial charge in [-0.15, -0.1) is 0 Å². The first-order valence-corrected chi connectivity index (χ1v) is 6.79. The molecule has 0 spiro atoms. The van der Waals surface area contributed by atoms with Crippen molar-refractivity contribution < 1.29 is 4.74 Å². The number of unbranched alkanes of at least 4 members (excludes halogenated alkanes) is 1. The zero-order valence-electron chi connectivity index (χ0n) is 11.2. The zero-order chi connectivity index (χ0) is 11.8. The summed E-state index contributed by atoms with van der Waals surface area (Å²) in [7, 11) is 2.07. The molecular formula is C13H28N2O. The summed E-state index contributed by atoms with van der Waals surface area (Å²) in [4.78, 5) is 2.56. The molecule has 0 aliphatic carbocycles. The maximum absolute atomic E-state index is 5.60. The van der Waals surface area contributed by atoms with Crippen LogP contribution >= 0.6 is 0 Å². The minimum atomic E-state index is 0.643. The van der Waals surface area contributed by atoms with E-state index in [4.69, 9.17) is 4.74 Å². The highest BCUT2D eigenvalue weighted by Gasteiger charge is 2.25. The van der Waals surface area contributed by atoms with Crippen LogP contribution in [0.15, 0.2) is 0 Å². The lowest BCUT2D eigenvalue weighted by Gasteiger charge is -2.35. The van der Waals surface area contributed by atoms with Crippen molar-refractivity contribution >= 4 is 0 Å². The maximum atomic E-state index is 5.60. The van der Waals surface area contributed by atoms with E-state index in [0.717, 1.165) is 26.2 Å². The van der Waals surface area contributed by atoms with E-state index >= 15 is 0 Å². The monoisotopic (exact) mass is 228 g/mol. The molecule has 1 N–H and O–H groups in total. The molecule has 0 aromatic rings. The molecule has 1 aliphatic rings. The van der Waals surface area contributed by atoms with Gasteiger partial charge in [-0.3, -0.25) is 0 Å². The molecule has 96 valence electrons. The molecule has 2 atom stereocenters. The zero-order valence-corrected chi connectivity index (χ0v) is 11.2. The van der Waals surface area contributed by atoms with Crippen LogP contribution in [0.4, 0.5) is 0 Å². The summed E-state index contributed by atoms with van der Waals surface area (Å²) in [5.74, 6) is 0.663. The molecule has 16 heavy (non-hydrogen) atoms. The first-order valence-electron chi connectivity index (χ1n) is 6.79. The number of nitrogens with zero attached hydrogens (tertiary/aromatic N) is 1. The summed E-state index contributed by atoms with van der Waals surface area (Å²) >= 11 is 0. The van der Waals surface area contributed by atoms with Gasteiger partial charge in [0, 0.05) is 25.1 Å². The highest BCUT2D eigenvalue weighted by molar-refractivity contribution is 4.80. The molecule has 0 radical (unpaired) electrons. The van der Waals surface area contributed by atoms with Gasteiger partial charge in [0.05, 0.1) is 6.61 Å². The Kier molecular flexibility index (Phi) is 7.01. The van der Waals surface area contributed by atoms with Crippen molar-refractivity contribution in [2.45, 2.75) is 39.2 Å². The molecule has 0 saturated carbocycles. The van der Waals surface area contributed by atoms with E-state index in [1.54, 1.807) is 0 Å². The fourth-order valence-electron chi connectivity index (χ4n) is 2.45. The lowest BCUT2D eigenvalue weighted by atomic mass is 9.95. The predicted octanol–water partition coefficient (Wildman–Crippen LogP) is 1.73. The molecule has 0 amide bonds. The van der Waals surface area contributed by atoms with E-state index in [1.807, 2.05) is 0 Å². The Bertz CT molecular complexity index is 175. The quantitative estimate of drug-likeness (QED) is 0.718. The van der Waals surface area contributed by atoms with Gasteiger partial charge in [-0.05, 0) is 33.0 Å². The van der Waals surface area contributed by atoms with E-state index < -0.39 is 0 Å². The molecule has 0 aromatic carbocycles. The van der Waals surface area contributed by atoms with Crippen LogP contribution in [0.3, 0.4) is 0 Å². The van der Waals surface area contributed by atoms with Gasteiger partial charge in [-0.2, -0.15) is 0 Å². The van der Waals surface area contributed by atoms with Crippen molar-refractivity contribution in [2.75, 3.05) is 39.9 Å². The molecule has 0 bridgehead atoms. The molecule has 1 fully saturated rings. The molecule has 0 aromatic heterocycles. The van der Waals surface area contributed by atoms with Crippen molar-refractivity contribution in [3.63, 3.8) is 0 Å². The third kappa shape index (κ3) is 4.40. The second kappa shape index (κ2) is 8.04. The SMILES string of the molecule is CCCCN(CC)CC1COCCC1NC. The summed E-state index contributed by atoms with van der Waals surface area (Å²) < 4.78 is 5.60. The Morgan fingerprint density at radius 2 is 2.19 bits per heavy atom. The van der Waals surface area contributed by atoms with Gasteiger partial charge in [-0.1, -0.05) is 20.3 Å². The van der Waals surface area contributed by atoms with Crippen molar-refractivity contribution in [3.8, 4) is 0 Å². The highest BCUT2D eigenvalue weighted by atomic mass is 16.5. The third-order valence-electron chi connectivity index (χ3n) is 3.61. The number of rotatable bonds is 7. The maximum Gasteiger partial charge on any atom is 0.0521 e. The first kappa shape index (κ1) is 13.9. The Hall–Kier alpha value is -0.120. The van der Waals surface area contributed by atoms with Gasteiger partial charge in [0.2, 0.25) is 0 Å². The molecule has 3 heteroatoms. The van der Waals surface area contributed by atoms with Crippen molar-refractivity contribution in [1.82, 2.24) is 10.2 Å². The van der Waals surface area contributed by atoms with Gasteiger partial charge in [0.25, 0.3) is 0 Å². The predicted molar refractivity (Wildman–Crippen MR) is 68.8 cm³/mol. The van der Waals surface area contributed by atoms with Crippen LogP contribution in [-0.4, -0.2) is 50.8 Å². The molecule has 1 rings (SSSR count). The van der Waals surface area contributed by atoms with Crippen molar-refractivity contribution in [3.05, 3.63) is 0 Å². The van der Waals surface area contributed by atoms with E-state index in [9.17, 15) is 0 Å². The summed E-state index contributed by atoms with van der Waals surface area (Å²) in [6.45, 7) is 9.94. The fourth-order valence-corrected chi connectivity index (χ4v) is 2.45. The standard InChI is InChI=1S/C13H28N2O/c1-4-6-8-15(5-2)10-12-11-16-9-7-13(12)14-3/h12-14H,4-11H2,1-3H3. The second-order valence-corrected chi connectivity index (χ2v) is 4.77. The van der Waals surface area contributed by atoms with Gasteiger partial charge < -0.3 is 15.0 Å². The van der Waals surface area contributed by atoms with E-state index in [0.29, 0.717) is 12.0 Å². The fraction of sp³-hybridized carbons (Fsp3) is 1.00. The lowest BCUT2D eigenvalue weighted by molar-refractivity contribution is 0.0189. The van der Waals surface area contributed by atoms with E-state index in [2.05, 4.69) is 31.1 Å². The van der Waals surface area contributed by atoms with Crippen LogP contribution in [0.5, 0.6) is 0 Å². The summed E-state index contributed by atoms with van der Waals surface area (Å²) in [5, 5.41) is 3.43. The van der Waals surface area contributed by atoms with Crippen LogP contribution in [0, 0.1) is 5.92 Å². The number of hydrogen-bond donors (Lipinski definition) is 1. The average molecular weight is 228 g/mol. The Balaban J connectivity index is 2.35. The molecule has 1 heterocycles.